The Balaban J connectivity index is 0.000000357. The summed E-state index contributed by atoms with van der Waals surface area (Å²) in [6.45, 7) is 3.90. The smallest absolute Gasteiger partial charge is 0.684 e. The van der Waals surface area contributed by atoms with Crippen LogP contribution >= 0.6 is 11.8 Å². The fourth-order valence-electron chi connectivity index (χ4n) is 7.57. The molecular weight excluding hydrogens is 974 g/mol. The maximum atomic E-state index is 13.5. The summed E-state index contributed by atoms with van der Waals surface area (Å²) in [4.78, 5) is 38.3. The van der Waals surface area contributed by atoms with Gasteiger partial charge in [0.2, 0.25) is 0 Å². The third-order valence-electron chi connectivity index (χ3n) is 11.3. The molecule has 4 heterocycles. The molecule has 8 N–H and O–H groups in total. The van der Waals surface area contributed by atoms with Gasteiger partial charge in [0, 0.05) is 11.3 Å². The molecule has 5 rings (SSSR count). The second-order valence-electron chi connectivity index (χ2n) is 16.0. The fourth-order valence-corrected chi connectivity index (χ4v) is 8.72. The number of thioether (sulfide) groups is 1. The van der Waals surface area contributed by atoms with Crippen LogP contribution in [0.4, 0.5) is 26.3 Å². The van der Waals surface area contributed by atoms with E-state index in [-0.39, 0.29) is 96.7 Å². The second kappa shape index (κ2) is 24.7. The van der Waals surface area contributed by atoms with Gasteiger partial charge in [-0.05, 0) is 55.2 Å². The normalized spacial score (nSPS) is 27.1. The number of carboxylic acid groups (broad SMARTS) is 3. The molecule has 0 spiro atoms. The molecule has 10 atom stereocenters. The first-order chi connectivity index (χ1) is 30.0. The molecule has 0 amide bonds. The maximum Gasteiger partial charge on any atom is 5.00 e. The molecule has 0 aromatic rings. The Labute approximate surface area is 390 Å². The first-order valence-corrected chi connectivity index (χ1v) is 21.9. The largest absolute Gasteiger partial charge is 5.00 e. The van der Waals surface area contributed by atoms with Crippen molar-refractivity contribution in [2.75, 3.05) is 6.54 Å². The van der Waals surface area contributed by atoms with E-state index in [4.69, 9.17) is 27.4 Å². The Morgan fingerprint density at radius 3 is 2.29 bits per heavy atom. The molecule has 10 unspecified atom stereocenters. The minimum atomic E-state index is -4.70. The van der Waals surface area contributed by atoms with Crippen molar-refractivity contribution in [3.05, 3.63) is 109 Å². The summed E-state index contributed by atoms with van der Waals surface area (Å²) >= 11 is 1.48. The topological polar surface area (TPSA) is 260 Å². The molecule has 1 radical (unpaired) electrons. The van der Waals surface area contributed by atoms with Crippen molar-refractivity contribution in [3.8, 4) is 0 Å². The molecule has 359 valence electrons. The van der Waals surface area contributed by atoms with Crippen molar-refractivity contribution in [1.29, 1.82) is 0 Å². The van der Waals surface area contributed by atoms with Crippen molar-refractivity contribution in [1.82, 2.24) is 0 Å². The minimum Gasteiger partial charge on any atom is -0.684 e. The fraction of sp³-hybridized carbons (Fsp3) is 0.581. The van der Waals surface area contributed by atoms with Gasteiger partial charge in [0.25, 0.3) is 0 Å². The molecule has 1 aliphatic carbocycles. The average Bonchev–Trinajstić information content (AvgIpc) is 3.72. The monoisotopic (exact) mass is 1030 g/mol. The molecule has 0 bridgehead atoms. The zero-order chi connectivity index (χ0) is 47.5. The number of nitrogens with one attached hydrogen (secondary N) is 2. The molecular formula is C43H54F6N7O7RuS. The van der Waals surface area contributed by atoms with Crippen LogP contribution in [-0.2, 0) is 33.9 Å². The van der Waals surface area contributed by atoms with Gasteiger partial charge in [-0.2, -0.15) is 37.7 Å². The number of unbranched alkanes of at least 4 members (excludes halogenated alkanes) is 3. The molecule has 22 heteroatoms. The van der Waals surface area contributed by atoms with Crippen LogP contribution in [-0.4, -0.2) is 105 Å². The van der Waals surface area contributed by atoms with Crippen molar-refractivity contribution in [2.45, 2.75) is 132 Å². The second-order valence-corrected chi connectivity index (χ2v) is 17.1. The number of halogens is 6. The third-order valence-corrected chi connectivity index (χ3v) is 12.5. The number of aliphatic carboxylic acids is 3. The van der Waals surface area contributed by atoms with Crippen LogP contribution in [0.1, 0.15) is 78.1 Å². The van der Waals surface area contributed by atoms with E-state index in [1.54, 1.807) is 6.92 Å². The summed E-state index contributed by atoms with van der Waals surface area (Å²) in [5.41, 5.74) is 22.9. The first kappa shape index (κ1) is 55.4. The molecule has 4 aliphatic heterocycles. The number of carbonyl (C=O) groups is 3. The van der Waals surface area contributed by atoms with Gasteiger partial charge >= 0.3 is 49.7 Å². The number of hydrogen-bond acceptors (Lipinski definition) is 7. The summed E-state index contributed by atoms with van der Waals surface area (Å²) < 4.78 is 79.5. The number of aliphatic hydroxyl groups excluding tert-OH is 1. The van der Waals surface area contributed by atoms with Gasteiger partial charge < -0.3 is 58.6 Å². The van der Waals surface area contributed by atoms with Crippen LogP contribution in [0.25, 0.3) is 27.4 Å². The Bertz CT molecular complexity index is 1950. The SMILES string of the molecule is CC/C(=C\C([NH-])C1CC(C(=O)O)C=C(C2=CC(C(=O)O)=CC[N-]2)[N-]1)C(=O)O.CCCCCCC1C=CSC1C1=NC(C([NH-])CC(N)C(F)(F)F)[N-]C(C2=CC(C(F)(F)F)CCC2O)=C1.[Ru+5]. The Morgan fingerprint density at radius 1 is 0.985 bits per heavy atom. The van der Waals surface area contributed by atoms with Gasteiger partial charge in [0.05, 0.1) is 34.8 Å². The van der Waals surface area contributed by atoms with Crippen LogP contribution < -0.4 is 5.73 Å². The number of nitrogens with two attached hydrogens (primary N) is 1. The van der Waals surface area contributed by atoms with E-state index in [1.807, 2.05) is 11.5 Å². The molecule has 65 heavy (non-hydrogen) atoms. The van der Waals surface area contributed by atoms with E-state index in [1.165, 1.54) is 42.1 Å². The van der Waals surface area contributed by atoms with E-state index < -0.39 is 85.0 Å². The Kier molecular flexibility index (Phi) is 21.1. The van der Waals surface area contributed by atoms with Gasteiger partial charge in [-0.15, -0.1) is 42.1 Å². The Morgan fingerprint density at radius 2 is 1.69 bits per heavy atom. The van der Waals surface area contributed by atoms with Crippen LogP contribution in [0.2, 0.25) is 0 Å². The van der Waals surface area contributed by atoms with E-state index >= 15 is 0 Å². The molecule has 0 saturated carbocycles. The molecule has 14 nitrogen and oxygen atoms in total. The molecule has 0 saturated heterocycles. The van der Waals surface area contributed by atoms with Gasteiger partial charge in [0.15, 0.2) is 0 Å². The van der Waals surface area contributed by atoms with Crippen molar-refractivity contribution < 1.29 is 80.6 Å². The van der Waals surface area contributed by atoms with Gasteiger partial charge in [-0.25, -0.2) is 9.59 Å². The van der Waals surface area contributed by atoms with Crippen molar-refractivity contribution >= 4 is 35.4 Å². The quantitative estimate of drug-likeness (QED) is 0.0401. The van der Waals surface area contributed by atoms with Crippen LogP contribution in [0.3, 0.4) is 0 Å². The number of nitrogens with zero attached hydrogens (tertiary/aromatic N) is 4. The first-order valence-electron chi connectivity index (χ1n) is 21.0. The summed E-state index contributed by atoms with van der Waals surface area (Å²) in [5.74, 6) is -5.94. The van der Waals surface area contributed by atoms with E-state index in [0.29, 0.717) is 5.71 Å². The molecule has 5 aliphatic rings. The van der Waals surface area contributed by atoms with Crippen molar-refractivity contribution in [2.24, 2.45) is 28.5 Å². The van der Waals surface area contributed by atoms with Gasteiger partial charge in [-0.1, -0.05) is 88.5 Å². The molecule has 0 aromatic heterocycles. The number of aliphatic imine (C=N–C) groups is 1. The Hall–Kier alpha value is -3.95. The third kappa shape index (κ3) is 15.8. The standard InChI is InChI=1S/C25H34F6N4OS.C18H20N3O6.Ru/c1-2-3-4-5-6-14-9-10-37-22(14)19-13-18(16-11-15(24(26,27)28)7-8-20(16)36)34-23(35-19)17(32)12-21(33)25(29,30)31;1-2-9(16(22)23)5-12(19)13-7-11(18(26)27)8-15(21-13)14-6-10(17(24)25)3-4-20-14;/h9-11,13-15,17,20-23,32,36H,2-8,12,33H2,1H3;3,5-6,8,11-13,19H,2,4,7H2,1H3,(H,22,23)(H,24,25)(H,26,27);/q-2;-3;+5/b;9-5+;. The summed E-state index contributed by atoms with van der Waals surface area (Å²) in [5, 5.41) is 52.7. The van der Waals surface area contributed by atoms with Crippen LogP contribution in [0, 0.1) is 17.8 Å². The van der Waals surface area contributed by atoms with E-state index in [0.717, 1.165) is 38.2 Å². The number of aliphatic hydroxyl groups is 1. The zero-order valence-corrected chi connectivity index (χ0v) is 38.1. The summed E-state index contributed by atoms with van der Waals surface area (Å²) in [6.07, 6.45) is 2.50. The zero-order valence-electron chi connectivity index (χ0n) is 35.6. The number of carboxylic acids is 3. The number of hydrogen-bond donors (Lipinski definition) is 5. The molecule has 0 aromatic carbocycles. The van der Waals surface area contributed by atoms with Crippen LogP contribution in [0.5, 0.6) is 0 Å². The predicted molar refractivity (Wildman–Crippen MR) is 232 cm³/mol. The van der Waals surface area contributed by atoms with E-state index in [9.17, 15) is 50.9 Å². The van der Waals surface area contributed by atoms with Crippen molar-refractivity contribution in [3.63, 3.8) is 0 Å². The van der Waals surface area contributed by atoms with Gasteiger partial charge in [0.1, 0.15) is 0 Å². The number of alkyl halides is 6. The summed E-state index contributed by atoms with van der Waals surface area (Å²) in [7, 11) is 0. The van der Waals surface area contributed by atoms with Gasteiger partial charge in [-0.3, -0.25) is 4.79 Å². The number of allylic oxidation sites excluding steroid dienone is 3. The molecule has 0 fully saturated rings. The average molecular weight is 1030 g/mol. The van der Waals surface area contributed by atoms with Crippen LogP contribution in [0.15, 0.2) is 86.7 Å². The summed E-state index contributed by atoms with van der Waals surface area (Å²) in [6, 6.07) is -5.53. The predicted octanol–water partition coefficient (Wildman–Crippen LogP) is 10.0. The number of rotatable bonds is 17. The maximum absolute atomic E-state index is 13.5. The van der Waals surface area contributed by atoms with E-state index in [2.05, 4.69) is 27.9 Å². The minimum absolute atomic E-state index is 0.